The molecule has 1 aliphatic heterocycles. The zero-order valence-corrected chi connectivity index (χ0v) is 15.4. The van der Waals surface area contributed by atoms with Gasteiger partial charge in [-0.2, -0.15) is 0 Å². The van der Waals surface area contributed by atoms with Crippen molar-refractivity contribution in [2.24, 2.45) is 4.99 Å². The van der Waals surface area contributed by atoms with Gasteiger partial charge in [0.2, 0.25) is 0 Å². The summed E-state index contributed by atoms with van der Waals surface area (Å²) in [6, 6.07) is 0. The summed E-state index contributed by atoms with van der Waals surface area (Å²) in [5.74, 6) is 0. The van der Waals surface area contributed by atoms with Gasteiger partial charge in [0.25, 0.3) is 0 Å². The smallest absolute Gasteiger partial charge is 0.106 e. The number of nitrogens with zero attached hydrogens (tertiary/aromatic N) is 2. The lowest BCUT2D eigenvalue weighted by molar-refractivity contribution is 0.00715. The largest absolute Gasteiger partial charge is 0.379 e. The Hall–Kier alpha value is -0.670. The molecule has 3 nitrogen and oxygen atoms in total. The van der Waals surface area contributed by atoms with Crippen LogP contribution in [-0.4, -0.2) is 35.2 Å². The molecule has 0 saturated heterocycles. The molecule has 0 aromatic rings. The van der Waals surface area contributed by atoms with Crippen molar-refractivity contribution in [1.29, 1.82) is 0 Å². The topological polar surface area (TPSA) is 35.8 Å². The summed E-state index contributed by atoms with van der Waals surface area (Å²) in [7, 11) is 0. The van der Waals surface area contributed by atoms with Crippen LogP contribution in [0.25, 0.3) is 0 Å². The predicted octanol–water partition coefficient (Wildman–Crippen LogP) is 5.29. The van der Waals surface area contributed by atoms with Crippen molar-refractivity contribution in [3.8, 4) is 0 Å². The van der Waals surface area contributed by atoms with Gasteiger partial charge in [-0.25, -0.2) is 0 Å². The number of hydrogen-bond donors (Lipinski definition) is 1. The van der Waals surface area contributed by atoms with Crippen LogP contribution in [0, 0.1) is 0 Å². The molecule has 1 rings (SSSR count). The highest BCUT2D eigenvalue weighted by Gasteiger charge is 2.23. The molecule has 1 heterocycles. The second kappa shape index (κ2) is 13.7. The highest BCUT2D eigenvalue weighted by atomic mass is 16.3. The van der Waals surface area contributed by atoms with Crippen LogP contribution in [0.5, 0.6) is 0 Å². The number of aliphatic imine (C=N–C) groups is 1. The molecule has 0 amide bonds. The summed E-state index contributed by atoms with van der Waals surface area (Å²) in [5, 5.41) is 9.66. The van der Waals surface area contributed by atoms with Gasteiger partial charge in [-0.1, -0.05) is 57.6 Å². The van der Waals surface area contributed by atoms with E-state index in [2.05, 4.69) is 29.0 Å². The van der Waals surface area contributed by atoms with Crippen LogP contribution in [0.4, 0.5) is 0 Å². The maximum Gasteiger partial charge on any atom is 0.106 e. The molecule has 0 aliphatic carbocycles. The molecule has 0 radical (unpaired) electrons. The van der Waals surface area contributed by atoms with Crippen LogP contribution in [0.15, 0.2) is 17.1 Å². The Kier molecular flexibility index (Phi) is 12.2. The molecule has 0 aromatic carbocycles. The summed E-state index contributed by atoms with van der Waals surface area (Å²) in [5.41, 5.74) is 0. The fourth-order valence-electron chi connectivity index (χ4n) is 3.16. The van der Waals surface area contributed by atoms with Crippen molar-refractivity contribution < 1.29 is 5.11 Å². The summed E-state index contributed by atoms with van der Waals surface area (Å²) >= 11 is 0. The van der Waals surface area contributed by atoms with Gasteiger partial charge >= 0.3 is 0 Å². The third kappa shape index (κ3) is 9.93. The molecular formula is C20H38N2O. The third-order valence-electron chi connectivity index (χ3n) is 4.66. The van der Waals surface area contributed by atoms with Gasteiger partial charge in [-0.3, -0.25) is 9.89 Å². The second-order valence-corrected chi connectivity index (χ2v) is 6.81. The highest BCUT2D eigenvalue weighted by Crippen LogP contribution is 2.16. The van der Waals surface area contributed by atoms with Gasteiger partial charge in [0.05, 0.1) is 0 Å². The average molecular weight is 323 g/mol. The van der Waals surface area contributed by atoms with Gasteiger partial charge in [0.1, 0.15) is 12.4 Å². The Morgan fingerprint density at radius 2 is 1.65 bits per heavy atom. The minimum absolute atomic E-state index is 0.201. The summed E-state index contributed by atoms with van der Waals surface area (Å²) in [6.07, 6.45) is 22.1. The van der Waals surface area contributed by atoms with E-state index < -0.39 is 0 Å². The zero-order chi connectivity index (χ0) is 16.8. The second-order valence-electron chi connectivity index (χ2n) is 6.81. The molecule has 3 heteroatoms. The van der Waals surface area contributed by atoms with Crippen molar-refractivity contribution in [3.05, 3.63) is 12.2 Å². The molecule has 0 bridgehead atoms. The molecular weight excluding hydrogens is 284 g/mol. The Balaban J connectivity index is 1.88. The zero-order valence-electron chi connectivity index (χ0n) is 15.4. The van der Waals surface area contributed by atoms with E-state index in [0.29, 0.717) is 0 Å². The van der Waals surface area contributed by atoms with E-state index in [-0.39, 0.29) is 12.4 Å². The van der Waals surface area contributed by atoms with Crippen LogP contribution in [-0.2, 0) is 0 Å². The van der Waals surface area contributed by atoms with Crippen molar-refractivity contribution in [1.82, 2.24) is 4.90 Å². The monoisotopic (exact) mass is 322 g/mol. The first-order valence-corrected chi connectivity index (χ1v) is 9.86. The first kappa shape index (κ1) is 20.4. The molecule has 1 aliphatic rings. The molecule has 0 saturated carbocycles. The van der Waals surface area contributed by atoms with Gasteiger partial charge in [-0.05, 0) is 45.4 Å². The molecule has 23 heavy (non-hydrogen) atoms. The quantitative estimate of drug-likeness (QED) is 0.348. The predicted molar refractivity (Wildman–Crippen MR) is 101 cm³/mol. The normalized spacial score (nSPS) is 19.9. The molecule has 2 atom stereocenters. The Labute approximate surface area is 143 Å². The van der Waals surface area contributed by atoms with Gasteiger partial charge < -0.3 is 5.11 Å². The van der Waals surface area contributed by atoms with Gasteiger partial charge in [0, 0.05) is 12.8 Å². The fraction of sp³-hybridized carbons (Fsp3) is 0.850. The maximum atomic E-state index is 9.66. The van der Waals surface area contributed by atoms with E-state index in [1.54, 1.807) is 0 Å². The Morgan fingerprint density at radius 1 is 1.04 bits per heavy atom. The number of aliphatic hydroxyl groups is 1. The van der Waals surface area contributed by atoms with Crippen LogP contribution < -0.4 is 0 Å². The number of hydrogen-bond acceptors (Lipinski definition) is 3. The summed E-state index contributed by atoms with van der Waals surface area (Å²) < 4.78 is 0. The SMILES string of the molecule is CCCCCCCCC/C=C/CCCCC1N=CCN1C(C)O. The number of rotatable bonds is 14. The van der Waals surface area contributed by atoms with Crippen molar-refractivity contribution in [2.75, 3.05) is 6.54 Å². The van der Waals surface area contributed by atoms with E-state index in [0.717, 1.165) is 13.0 Å². The average Bonchev–Trinajstić information content (AvgIpc) is 3.00. The van der Waals surface area contributed by atoms with E-state index >= 15 is 0 Å². The maximum absolute atomic E-state index is 9.66. The van der Waals surface area contributed by atoms with Gasteiger partial charge in [0.15, 0.2) is 0 Å². The summed E-state index contributed by atoms with van der Waals surface area (Å²) in [6.45, 7) is 4.89. The minimum atomic E-state index is -0.385. The summed E-state index contributed by atoms with van der Waals surface area (Å²) in [4.78, 5) is 6.51. The molecule has 1 N–H and O–H groups in total. The highest BCUT2D eigenvalue weighted by molar-refractivity contribution is 5.62. The molecule has 0 aromatic heterocycles. The number of aliphatic hydroxyl groups excluding tert-OH is 1. The lowest BCUT2D eigenvalue weighted by atomic mass is 10.1. The van der Waals surface area contributed by atoms with Crippen LogP contribution in [0.1, 0.15) is 90.9 Å². The van der Waals surface area contributed by atoms with Crippen LogP contribution in [0.3, 0.4) is 0 Å². The molecule has 2 unspecified atom stereocenters. The van der Waals surface area contributed by atoms with Crippen molar-refractivity contribution in [2.45, 2.75) is 103 Å². The lowest BCUT2D eigenvalue weighted by Gasteiger charge is -2.25. The number of unbranched alkanes of at least 4 members (excludes halogenated alkanes) is 9. The van der Waals surface area contributed by atoms with Crippen molar-refractivity contribution >= 4 is 6.21 Å². The minimum Gasteiger partial charge on any atom is -0.379 e. The van der Waals surface area contributed by atoms with Crippen LogP contribution in [0.2, 0.25) is 0 Å². The lowest BCUT2D eigenvalue weighted by Crippen LogP contribution is -2.37. The fourth-order valence-corrected chi connectivity index (χ4v) is 3.16. The number of allylic oxidation sites excluding steroid dienone is 2. The van der Waals surface area contributed by atoms with E-state index in [4.69, 9.17) is 0 Å². The van der Waals surface area contributed by atoms with Crippen LogP contribution >= 0.6 is 0 Å². The van der Waals surface area contributed by atoms with E-state index in [1.807, 2.05) is 13.1 Å². The van der Waals surface area contributed by atoms with E-state index in [9.17, 15) is 5.11 Å². The first-order chi connectivity index (χ1) is 11.3. The third-order valence-corrected chi connectivity index (χ3v) is 4.66. The molecule has 0 spiro atoms. The molecule has 0 fully saturated rings. The van der Waals surface area contributed by atoms with Crippen molar-refractivity contribution in [3.63, 3.8) is 0 Å². The Bertz CT molecular complexity index is 326. The Morgan fingerprint density at radius 3 is 2.30 bits per heavy atom. The standard InChI is InChI=1S/C20H38N2O/c1-3-4-5-6-7-8-9-10-11-12-13-14-15-16-20-21-17-18-22(20)19(2)23/h11-12,17,19-20,23H,3-10,13-16,18H2,1-2H3/b12-11+. The molecule has 134 valence electrons. The van der Waals surface area contributed by atoms with E-state index in [1.165, 1.54) is 70.6 Å². The van der Waals surface area contributed by atoms with Gasteiger partial charge in [-0.15, -0.1) is 0 Å². The first-order valence-electron chi connectivity index (χ1n) is 9.86.